The summed E-state index contributed by atoms with van der Waals surface area (Å²) in [6.45, 7) is 0.324. The molecule has 0 unspecified atom stereocenters. The van der Waals surface area contributed by atoms with Crippen LogP contribution in [-0.2, 0) is 14.4 Å². The number of nitrogens with one attached hydrogen (secondary N) is 3. The molecule has 5 rings (SSSR count). The molecule has 1 aliphatic carbocycles. The number of ketones is 1. The second-order valence-corrected chi connectivity index (χ2v) is 9.73. The Hall–Kier alpha value is -3.20. The Balaban J connectivity index is 1.38. The van der Waals surface area contributed by atoms with Crippen LogP contribution in [-0.4, -0.2) is 70.3 Å². The van der Waals surface area contributed by atoms with Crippen molar-refractivity contribution in [1.29, 1.82) is 0 Å². The number of aromatic amines is 1. The lowest BCUT2D eigenvalue weighted by Gasteiger charge is -2.29. The smallest absolute Gasteiger partial charge is 0.271 e. The Kier molecular flexibility index (Phi) is 6.12. The summed E-state index contributed by atoms with van der Waals surface area (Å²) >= 11 is 0. The number of hydrogen-bond acceptors (Lipinski definition) is 5. The van der Waals surface area contributed by atoms with Gasteiger partial charge in [0.25, 0.3) is 5.91 Å². The quantitative estimate of drug-likeness (QED) is 0.483. The van der Waals surface area contributed by atoms with Crippen molar-refractivity contribution in [3.63, 3.8) is 0 Å². The Labute approximate surface area is 197 Å². The van der Waals surface area contributed by atoms with Crippen molar-refractivity contribution in [3.05, 3.63) is 36.0 Å². The summed E-state index contributed by atoms with van der Waals surface area (Å²) in [5.41, 5.74) is 1.29. The van der Waals surface area contributed by atoms with E-state index in [0.717, 1.165) is 30.2 Å². The first-order valence-corrected chi connectivity index (χ1v) is 12.1. The van der Waals surface area contributed by atoms with Crippen molar-refractivity contribution < 1.29 is 24.3 Å². The number of carbonyl (C=O) groups excluding carboxylic acids is 4. The average molecular weight is 467 g/mol. The molecule has 9 heteroatoms. The van der Waals surface area contributed by atoms with E-state index in [9.17, 15) is 24.3 Å². The summed E-state index contributed by atoms with van der Waals surface area (Å²) in [6.07, 6.45) is 3.56. The minimum absolute atomic E-state index is 0.0352. The van der Waals surface area contributed by atoms with Crippen LogP contribution in [0.3, 0.4) is 0 Å². The van der Waals surface area contributed by atoms with Crippen LogP contribution in [0.15, 0.2) is 30.3 Å². The minimum Gasteiger partial charge on any atom is -0.389 e. The van der Waals surface area contributed by atoms with Crippen LogP contribution < -0.4 is 10.6 Å². The second-order valence-electron chi connectivity index (χ2n) is 9.73. The lowest BCUT2D eigenvalue weighted by molar-refractivity contribution is -0.133. The Morgan fingerprint density at radius 1 is 1.18 bits per heavy atom. The Morgan fingerprint density at radius 2 is 2.00 bits per heavy atom. The van der Waals surface area contributed by atoms with Crippen molar-refractivity contribution in [3.8, 4) is 0 Å². The van der Waals surface area contributed by atoms with E-state index in [2.05, 4.69) is 15.6 Å². The number of Topliss-reactive ketones (excluding diaryl/α,β-unsaturated/α-hetero) is 1. The van der Waals surface area contributed by atoms with Gasteiger partial charge in [-0.1, -0.05) is 24.6 Å². The number of aliphatic hydroxyl groups is 1. The van der Waals surface area contributed by atoms with E-state index in [-0.39, 0.29) is 41.9 Å². The SMILES string of the molecule is O=C1NCC[C@@H]1C[C@@H](NC(=O)[C@H]1[C@@H]2CCC[C@@H]2CN1C(=O)c1cc2ccccc2[nH]1)C(=O)CO. The maximum absolute atomic E-state index is 13.5. The number of aromatic nitrogens is 1. The number of para-hydroxylation sites is 1. The minimum atomic E-state index is -0.961. The van der Waals surface area contributed by atoms with Crippen LogP contribution in [0.5, 0.6) is 0 Å². The molecule has 2 aliphatic heterocycles. The summed E-state index contributed by atoms with van der Waals surface area (Å²) in [6, 6.07) is 7.79. The molecule has 1 saturated carbocycles. The van der Waals surface area contributed by atoms with Gasteiger partial charge in [-0.05, 0) is 49.7 Å². The molecule has 3 amide bonds. The number of nitrogens with zero attached hydrogens (tertiary/aromatic N) is 1. The van der Waals surface area contributed by atoms with Crippen LogP contribution >= 0.6 is 0 Å². The molecule has 2 aromatic rings. The number of H-pyrrole nitrogens is 1. The predicted octanol–water partition coefficient (Wildman–Crippen LogP) is 0.981. The van der Waals surface area contributed by atoms with E-state index in [1.54, 1.807) is 11.0 Å². The molecule has 1 aromatic heterocycles. The topological polar surface area (TPSA) is 132 Å². The molecule has 1 aromatic carbocycles. The summed E-state index contributed by atoms with van der Waals surface area (Å²) in [4.78, 5) is 56.3. The summed E-state index contributed by atoms with van der Waals surface area (Å²) in [5, 5.41) is 15.9. The highest BCUT2D eigenvalue weighted by Gasteiger charge is 2.50. The molecule has 0 spiro atoms. The number of benzene rings is 1. The normalized spacial score (nSPS) is 27.0. The van der Waals surface area contributed by atoms with Crippen LogP contribution in [0.25, 0.3) is 10.9 Å². The van der Waals surface area contributed by atoms with E-state index in [0.29, 0.717) is 25.2 Å². The molecule has 0 bridgehead atoms. The van der Waals surface area contributed by atoms with Gasteiger partial charge in [0.05, 0.1) is 6.04 Å². The molecule has 0 radical (unpaired) electrons. The maximum Gasteiger partial charge on any atom is 0.271 e. The highest BCUT2D eigenvalue weighted by atomic mass is 16.3. The molecule has 5 atom stereocenters. The first-order chi connectivity index (χ1) is 16.5. The zero-order valence-electron chi connectivity index (χ0n) is 19.0. The average Bonchev–Trinajstić information content (AvgIpc) is 3.61. The van der Waals surface area contributed by atoms with Crippen molar-refractivity contribution in [2.45, 2.75) is 44.2 Å². The molecule has 3 fully saturated rings. The Morgan fingerprint density at radius 3 is 2.74 bits per heavy atom. The monoisotopic (exact) mass is 466 g/mol. The van der Waals surface area contributed by atoms with Gasteiger partial charge in [-0.25, -0.2) is 0 Å². The fourth-order valence-corrected chi connectivity index (χ4v) is 5.99. The van der Waals surface area contributed by atoms with Crippen LogP contribution in [0, 0.1) is 17.8 Å². The molecule has 2 saturated heterocycles. The number of likely N-dealkylation sites (tertiary alicyclic amines) is 1. The molecular weight excluding hydrogens is 436 g/mol. The molecule has 4 N–H and O–H groups in total. The number of amides is 3. The molecule has 9 nitrogen and oxygen atoms in total. The molecule has 3 aliphatic rings. The number of rotatable bonds is 7. The lowest BCUT2D eigenvalue weighted by atomic mass is 9.92. The van der Waals surface area contributed by atoms with Crippen molar-refractivity contribution in [2.24, 2.45) is 17.8 Å². The third kappa shape index (κ3) is 4.09. The van der Waals surface area contributed by atoms with Gasteiger partial charge in [0.1, 0.15) is 18.3 Å². The molecule has 34 heavy (non-hydrogen) atoms. The maximum atomic E-state index is 13.5. The van der Waals surface area contributed by atoms with Crippen LogP contribution in [0.1, 0.15) is 42.6 Å². The van der Waals surface area contributed by atoms with Crippen LogP contribution in [0.4, 0.5) is 0 Å². The van der Waals surface area contributed by atoms with E-state index in [1.807, 2.05) is 24.3 Å². The predicted molar refractivity (Wildman–Crippen MR) is 124 cm³/mol. The fraction of sp³-hybridized carbons (Fsp3) is 0.520. The van der Waals surface area contributed by atoms with Gasteiger partial charge in [-0.3, -0.25) is 19.2 Å². The third-order valence-electron chi connectivity index (χ3n) is 7.72. The first kappa shape index (κ1) is 22.6. The van der Waals surface area contributed by atoms with Gasteiger partial charge in [-0.2, -0.15) is 0 Å². The van der Waals surface area contributed by atoms with E-state index >= 15 is 0 Å². The summed E-state index contributed by atoms with van der Waals surface area (Å²) in [5.74, 6) is -1.38. The molecule has 180 valence electrons. The van der Waals surface area contributed by atoms with E-state index < -0.39 is 24.5 Å². The van der Waals surface area contributed by atoms with Gasteiger partial charge >= 0.3 is 0 Å². The molecular formula is C25H30N4O5. The Bertz CT molecular complexity index is 1090. The summed E-state index contributed by atoms with van der Waals surface area (Å²) in [7, 11) is 0. The highest BCUT2D eigenvalue weighted by molar-refractivity contribution is 6.01. The van der Waals surface area contributed by atoms with Gasteiger partial charge < -0.3 is 25.6 Å². The van der Waals surface area contributed by atoms with E-state index in [4.69, 9.17) is 0 Å². The van der Waals surface area contributed by atoms with Crippen LogP contribution in [0.2, 0.25) is 0 Å². The number of carbonyl (C=O) groups is 4. The number of fused-ring (bicyclic) bond motifs is 2. The second kappa shape index (κ2) is 9.21. The third-order valence-corrected chi connectivity index (χ3v) is 7.72. The zero-order chi connectivity index (χ0) is 23.8. The van der Waals surface area contributed by atoms with Gasteiger partial charge in [0.15, 0.2) is 5.78 Å². The summed E-state index contributed by atoms with van der Waals surface area (Å²) < 4.78 is 0. The van der Waals surface area contributed by atoms with Gasteiger partial charge in [-0.15, -0.1) is 0 Å². The fourth-order valence-electron chi connectivity index (χ4n) is 5.99. The zero-order valence-corrected chi connectivity index (χ0v) is 19.0. The van der Waals surface area contributed by atoms with Crippen molar-refractivity contribution >= 4 is 34.4 Å². The molecule has 3 heterocycles. The first-order valence-electron chi connectivity index (χ1n) is 12.1. The van der Waals surface area contributed by atoms with Gasteiger partial charge in [0.2, 0.25) is 11.8 Å². The van der Waals surface area contributed by atoms with E-state index in [1.165, 1.54) is 0 Å². The largest absolute Gasteiger partial charge is 0.389 e. The van der Waals surface area contributed by atoms with Gasteiger partial charge in [0, 0.05) is 29.9 Å². The van der Waals surface area contributed by atoms with Crippen molar-refractivity contribution in [2.75, 3.05) is 19.7 Å². The van der Waals surface area contributed by atoms with Crippen molar-refractivity contribution in [1.82, 2.24) is 20.5 Å². The number of aliphatic hydroxyl groups excluding tert-OH is 1. The highest BCUT2D eigenvalue weighted by Crippen LogP contribution is 2.43. The lowest BCUT2D eigenvalue weighted by Crippen LogP contribution is -2.53. The standard InChI is InChI=1S/C25H30N4O5/c30-13-21(31)19(11-15-8-9-26-23(15)32)28-24(33)22-17-6-3-5-16(17)12-29(22)25(34)20-10-14-4-1-2-7-18(14)27-20/h1-2,4,7,10,15-17,19,22,27,30H,3,5-6,8-9,11-13H2,(H,26,32)(H,28,33)/t15-,16-,17-,19-,22-/m1/s1. The number of hydrogen-bond donors (Lipinski definition) is 4.